The monoisotopic (exact) mass is 342 g/mol. The second-order valence-electron chi connectivity index (χ2n) is 5.30. The highest BCUT2D eigenvalue weighted by Crippen LogP contribution is 2.18. The van der Waals surface area contributed by atoms with Gasteiger partial charge in [-0.25, -0.2) is 9.67 Å². The van der Waals surface area contributed by atoms with Gasteiger partial charge in [-0.3, -0.25) is 4.79 Å². The predicted octanol–water partition coefficient (Wildman–Crippen LogP) is 2.97. The number of nitrogens with one attached hydrogen (secondary N) is 1. The van der Waals surface area contributed by atoms with Gasteiger partial charge in [0, 0.05) is 24.9 Å². The molecule has 0 aliphatic heterocycles. The van der Waals surface area contributed by atoms with Crippen LogP contribution in [-0.4, -0.2) is 27.8 Å². The Labute approximate surface area is 144 Å². The predicted molar refractivity (Wildman–Crippen MR) is 92.3 cm³/mol. The van der Waals surface area contributed by atoms with E-state index in [2.05, 4.69) is 15.4 Å². The molecule has 6 nitrogen and oxygen atoms in total. The van der Waals surface area contributed by atoms with Crippen LogP contribution in [0.2, 0.25) is 0 Å². The van der Waals surface area contributed by atoms with Crippen LogP contribution in [0.4, 0.5) is 0 Å². The minimum absolute atomic E-state index is 0.138. The van der Waals surface area contributed by atoms with Gasteiger partial charge >= 0.3 is 0 Å². The van der Waals surface area contributed by atoms with Crippen molar-refractivity contribution >= 4 is 17.2 Å². The number of carbonyl (C=O) groups excluding carboxylic acids is 1. The molecule has 0 bridgehead atoms. The van der Waals surface area contributed by atoms with Gasteiger partial charge in [0.05, 0.1) is 18.3 Å². The lowest BCUT2D eigenvalue weighted by Crippen LogP contribution is -2.27. The summed E-state index contributed by atoms with van der Waals surface area (Å²) in [5.74, 6) is -0.189. The molecule has 0 spiro atoms. The number of methoxy groups -OCH3 is 1. The van der Waals surface area contributed by atoms with E-state index in [1.807, 2.05) is 43.5 Å². The summed E-state index contributed by atoms with van der Waals surface area (Å²) in [7, 11) is 1.61. The van der Waals surface area contributed by atoms with Gasteiger partial charge in [0.2, 0.25) is 0 Å². The maximum absolute atomic E-state index is 12.3. The summed E-state index contributed by atoms with van der Waals surface area (Å²) in [6.45, 7) is 2.36. The van der Waals surface area contributed by atoms with E-state index in [-0.39, 0.29) is 11.9 Å². The number of ether oxygens (including phenoxy) is 1. The second-order valence-corrected chi connectivity index (χ2v) is 6.24. The molecular weight excluding hydrogens is 324 g/mol. The van der Waals surface area contributed by atoms with Crippen molar-refractivity contribution in [1.82, 2.24) is 20.1 Å². The van der Waals surface area contributed by atoms with Crippen molar-refractivity contribution in [2.24, 2.45) is 0 Å². The number of carbonyl (C=O) groups is 1. The van der Waals surface area contributed by atoms with Gasteiger partial charge in [-0.1, -0.05) is 12.1 Å². The smallest absolute Gasteiger partial charge is 0.271 e. The minimum Gasteiger partial charge on any atom is -0.378 e. The molecule has 0 aliphatic rings. The van der Waals surface area contributed by atoms with E-state index in [0.717, 1.165) is 16.3 Å². The number of amides is 1. The average Bonchev–Trinajstić information content (AvgIpc) is 3.27. The fourth-order valence-electron chi connectivity index (χ4n) is 2.32. The Bertz CT molecular complexity index is 814. The van der Waals surface area contributed by atoms with Crippen LogP contribution in [0.1, 0.15) is 34.0 Å². The van der Waals surface area contributed by atoms with Crippen molar-refractivity contribution in [3.05, 3.63) is 64.4 Å². The summed E-state index contributed by atoms with van der Waals surface area (Å²) in [6.07, 6.45) is 3.62. The molecule has 24 heavy (non-hydrogen) atoms. The zero-order valence-corrected chi connectivity index (χ0v) is 14.3. The number of aromatic nitrogens is 3. The number of nitrogens with zero attached hydrogens (tertiary/aromatic N) is 3. The maximum atomic E-state index is 12.3. The first-order chi connectivity index (χ1) is 11.7. The SMILES string of the molecule is COCc1nc(C(=O)N[C@@H](C)c2cccc(-n3cccn3)c2)cs1. The molecule has 7 heteroatoms. The third-order valence-electron chi connectivity index (χ3n) is 3.54. The van der Waals surface area contributed by atoms with E-state index < -0.39 is 0 Å². The molecule has 0 unspecified atom stereocenters. The number of rotatable bonds is 6. The lowest BCUT2D eigenvalue weighted by Gasteiger charge is -2.14. The summed E-state index contributed by atoms with van der Waals surface area (Å²) in [6, 6.07) is 9.65. The highest BCUT2D eigenvalue weighted by molar-refractivity contribution is 7.09. The third kappa shape index (κ3) is 3.69. The van der Waals surface area contributed by atoms with E-state index >= 15 is 0 Å². The molecule has 2 aromatic heterocycles. The zero-order chi connectivity index (χ0) is 16.9. The van der Waals surface area contributed by atoms with Gasteiger partial charge in [-0.2, -0.15) is 5.10 Å². The van der Waals surface area contributed by atoms with E-state index in [1.54, 1.807) is 23.4 Å². The van der Waals surface area contributed by atoms with Crippen LogP contribution in [0.3, 0.4) is 0 Å². The topological polar surface area (TPSA) is 69.0 Å². The maximum Gasteiger partial charge on any atom is 0.271 e. The second kappa shape index (κ2) is 7.37. The van der Waals surface area contributed by atoms with Crippen molar-refractivity contribution in [3.8, 4) is 5.69 Å². The van der Waals surface area contributed by atoms with Crippen molar-refractivity contribution in [3.63, 3.8) is 0 Å². The molecule has 0 fully saturated rings. The van der Waals surface area contributed by atoms with Crippen LogP contribution in [0.15, 0.2) is 48.1 Å². The first-order valence-electron chi connectivity index (χ1n) is 7.51. The molecule has 124 valence electrons. The van der Waals surface area contributed by atoms with Crippen LogP contribution in [0.5, 0.6) is 0 Å². The lowest BCUT2D eigenvalue weighted by atomic mass is 10.1. The summed E-state index contributed by atoms with van der Waals surface area (Å²) < 4.78 is 6.82. The van der Waals surface area contributed by atoms with E-state index in [1.165, 1.54) is 11.3 Å². The highest BCUT2D eigenvalue weighted by Gasteiger charge is 2.15. The largest absolute Gasteiger partial charge is 0.378 e. The minimum atomic E-state index is -0.189. The molecule has 0 saturated heterocycles. The Kier molecular flexibility index (Phi) is 5.02. The molecule has 3 aromatic rings. The molecule has 0 saturated carbocycles. The third-order valence-corrected chi connectivity index (χ3v) is 4.36. The summed E-state index contributed by atoms with van der Waals surface area (Å²) >= 11 is 1.42. The van der Waals surface area contributed by atoms with Gasteiger partial charge in [0.15, 0.2) is 0 Å². The van der Waals surface area contributed by atoms with E-state index in [0.29, 0.717) is 12.3 Å². The summed E-state index contributed by atoms with van der Waals surface area (Å²) in [5.41, 5.74) is 2.38. The van der Waals surface area contributed by atoms with Crippen LogP contribution in [-0.2, 0) is 11.3 Å². The van der Waals surface area contributed by atoms with Gasteiger partial charge in [-0.05, 0) is 30.7 Å². The molecule has 0 aliphatic carbocycles. The Morgan fingerprint density at radius 3 is 3.04 bits per heavy atom. The first-order valence-corrected chi connectivity index (χ1v) is 8.39. The van der Waals surface area contributed by atoms with Crippen molar-refractivity contribution in [2.75, 3.05) is 7.11 Å². The van der Waals surface area contributed by atoms with Gasteiger partial charge < -0.3 is 10.1 Å². The zero-order valence-electron chi connectivity index (χ0n) is 13.5. The molecule has 1 N–H and O–H groups in total. The summed E-state index contributed by atoms with van der Waals surface area (Å²) in [5, 5.41) is 9.73. The number of hydrogen-bond acceptors (Lipinski definition) is 5. The fourth-order valence-corrected chi connectivity index (χ4v) is 3.06. The molecule has 1 amide bonds. The fraction of sp³-hybridized carbons (Fsp3) is 0.235. The summed E-state index contributed by atoms with van der Waals surface area (Å²) in [4.78, 5) is 16.6. The quantitative estimate of drug-likeness (QED) is 0.748. The molecule has 1 aromatic carbocycles. The van der Waals surface area contributed by atoms with Gasteiger partial charge in [0.25, 0.3) is 5.91 Å². The van der Waals surface area contributed by atoms with Crippen molar-refractivity contribution in [1.29, 1.82) is 0 Å². The van der Waals surface area contributed by atoms with Crippen LogP contribution >= 0.6 is 11.3 Å². The standard InChI is InChI=1S/C17H18N4O2S/c1-12(19-17(22)15-11-24-16(20-15)10-23-2)13-5-3-6-14(9-13)21-8-4-7-18-21/h3-9,11-12H,10H2,1-2H3,(H,19,22)/t12-/m0/s1. The number of thiazole rings is 1. The number of benzene rings is 1. The molecule has 0 radical (unpaired) electrons. The van der Waals surface area contributed by atoms with Crippen LogP contribution in [0.25, 0.3) is 5.69 Å². The Hall–Kier alpha value is -2.51. The van der Waals surface area contributed by atoms with Crippen molar-refractivity contribution in [2.45, 2.75) is 19.6 Å². The van der Waals surface area contributed by atoms with E-state index in [4.69, 9.17) is 4.74 Å². The van der Waals surface area contributed by atoms with E-state index in [9.17, 15) is 4.79 Å². The average molecular weight is 342 g/mol. The van der Waals surface area contributed by atoms with Gasteiger partial charge in [0.1, 0.15) is 10.7 Å². The molecular formula is C17H18N4O2S. The normalized spacial score (nSPS) is 12.1. The number of hydrogen-bond donors (Lipinski definition) is 1. The highest BCUT2D eigenvalue weighted by atomic mass is 32.1. The molecule has 3 rings (SSSR count). The Morgan fingerprint density at radius 1 is 1.42 bits per heavy atom. The Balaban J connectivity index is 1.71. The van der Waals surface area contributed by atoms with Crippen LogP contribution in [0, 0.1) is 0 Å². The van der Waals surface area contributed by atoms with Crippen molar-refractivity contribution < 1.29 is 9.53 Å². The Morgan fingerprint density at radius 2 is 2.29 bits per heavy atom. The van der Waals surface area contributed by atoms with Crippen LogP contribution < -0.4 is 5.32 Å². The lowest BCUT2D eigenvalue weighted by molar-refractivity contribution is 0.0935. The van der Waals surface area contributed by atoms with Gasteiger partial charge in [-0.15, -0.1) is 11.3 Å². The first kappa shape index (κ1) is 16.4. The molecule has 1 atom stereocenters. The molecule has 2 heterocycles.